The van der Waals surface area contributed by atoms with Crippen molar-refractivity contribution in [3.8, 4) is 55.6 Å². The molecule has 0 aliphatic rings. The van der Waals surface area contributed by atoms with Gasteiger partial charge in [-0.25, -0.2) is 0 Å². The standard InChI is InChI=1S/C60H41N/c1-2-13-46(14-3-1)59-39-34-47-16-7-9-22-58(47)60(59)49-32-37-54(38-33-49)61(55-20-10-19-51(41-55)52-29-26-42-12-4-5-17-50(42)40-52)53-35-30-44(31-36-53)43-24-27-48(28-25-43)57-23-11-18-45-15-6-8-21-56(45)57/h1-41H. The normalized spacial score (nSPS) is 11.3. The van der Waals surface area contributed by atoms with Crippen LogP contribution in [0.15, 0.2) is 249 Å². The smallest absolute Gasteiger partial charge is 0.0467 e. The van der Waals surface area contributed by atoms with Gasteiger partial charge in [-0.2, -0.15) is 0 Å². The summed E-state index contributed by atoms with van der Waals surface area (Å²) in [5.41, 5.74) is 15.4. The molecular weight excluding hydrogens is 735 g/mol. The molecule has 0 saturated heterocycles. The molecule has 0 amide bonds. The molecule has 0 aromatic heterocycles. The first-order valence-corrected chi connectivity index (χ1v) is 21.0. The van der Waals surface area contributed by atoms with E-state index in [0.717, 1.165) is 17.1 Å². The molecule has 0 radical (unpaired) electrons. The third-order valence-electron chi connectivity index (χ3n) is 12.1. The van der Waals surface area contributed by atoms with Crippen LogP contribution in [0.5, 0.6) is 0 Å². The van der Waals surface area contributed by atoms with Crippen molar-refractivity contribution >= 4 is 49.4 Å². The van der Waals surface area contributed by atoms with E-state index in [1.165, 1.54) is 88.0 Å². The van der Waals surface area contributed by atoms with E-state index in [0.29, 0.717) is 0 Å². The molecule has 0 bridgehead atoms. The maximum Gasteiger partial charge on any atom is 0.0467 e. The zero-order valence-corrected chi connectivity index (χ0v) is 33.6. The highest BCUT2D eigenvalue weighted by Crippen LogP contribution is 2.42. The topological polar surface area (TPSA) is 3.24 Å². The van der Waals surface area contributed by atoms with Crippen molar-refractivity contribution in [2.24, 2.45) is 0 Å². The minimum absolute atomic E-state index is 1.09. The number of benzene rings is 11. The van der Waals surface area contributed by atoms with Gasteiger partial charge in [0.05, 0.1) is 0 Å². The first kappa shape index (κ1) is 36.1. The summed E-state index contributed by atoms with van der Waals surface area (Å²) >= 11 is 0. The predicted octanol–water partition coefficient (Wildman–Crippen LogP) is 17.0. The van der Waals surface area contributed by atoms with E-state index < -0.39 is 0 Å². The Morgan fingerprint density at radius 3 is 1.43 bits per heavy atom. The van der Waals surface area contributed by atoms with Gasteiger partial charge in [0.25, 0.3) is 0 Å². The molecule has 0 atom stereocenters. The van der Waals surface area contributed by atoms with Crippen molar-refractivity contribution in [3.63, 3.8) is 0 Å². The van der Waals surface area contributed by atoms with Crippen molar-refractivity contribution in [2.45, 2.75) is 0 Å². The maximum absolute atomic E-state index is 2.38. The lowest BCUT2D eigenvalue weighted by molar-refractivity contribution is 1.28. The summed E-state index contributed by atoms with van der Waals surface area (Å²) in [4.78, 5) is 2.38. The van der Waals surface area contributed by atoms with Crippen LogP contribution in [0.1, 0.15) is 0 Å². The van der Waals surface area contributed by atoms with Gasteiger partial charge in [0.2, 0.25) is 0 Å². The lowest BCUT2D eigenvalue weighted by Crippen LogP contribution is -2.10. The fourth-order valence-electron chi connectivity index (χ4n) is 8.98. The lowest BCUT2D eigenvalue weighted by Gasteiger charge is -2.27. The van der Waals surface area contributed by atoms with Crippen LogP contribution in [-0.4, -0.2) is 0 Å². The molecule has 286 valence electrons. The zero-order valence-electron chi connectivity index (χ0n) is 33.6. The van der Waals surface area contributed by atoms with E-state index >= 15 is 0 Å². The van der Waals surface area contributed by atoms with Gasteiger partial charge >= 0.3 is 0 Å². The molecule has 0 aliphatic heterocycles. The van der Waals surface area contributed by atoms with Gasteiger partial charge in [-0.05, 0) is 130 Å². The van der Waals surface area contributed by atoms with Crippen molar-refractivity contribution < 1.29 is 0 Å². The molecule has 61 heavy (non-hydrogen) atoms. The quantitative estimate of drug-likeness (QED) is 0.149. The van der Waals surface area contributed by atoms with Gasteiger partial charge in [0, 0.05) is 17.1 Å². The molecule has 0 unspecified atom stereocenters. The SMILES string of the molecule is c1ccc(-c2ccc3ccccc3c2-c2ccc(N(c3ccc(-c4ccc(-c5cccc6ccccc56)cc4)cc3)c3cccc(-c4ccc5ccccc5c4)c3)cc2)cc1. The summed E-state index contributed by atoms with van der Waals surface area (Å²) in [5, 5.41) is 7.49. The highest BCUT2D eigenvalue weighted by atomic mass is 15.1. The van der Waals surface area contributed by atoms with Crippen LogP contribution in [-0.2, 0) is 0 Å². The Morgan fingerprint density at radius 1 is 0.213 bits per heavy atom. The fourth-order valence-corrected chi connectivity index (χ4v) is 8.98. The molecule has 11 aromatic rings. The minimum Gasteiger partial charge on any atom is -0.310 e. The lowest BCUT2D eigenvalue weighted by atomic mass is 9.89. The number of nitrogens with zero attached hydrogens (tertiary/aromatic N) is 1. The third-order valence-corrected chi connectivity index (χ3v) is 12.1. The van der Waals surface area contributed by atoms with Crippen LogP contribution in [0, 0.1) is 0 Å². The molecule has 0 fully saturated rings. The summed E-state index contributed by atoms with van der Waals surface area (Å²) in [6, 6.07) is 90.4. The van der Waals surface area contributed by atoms with Crippen LogP contribution in [0.25, 0.3) is 88.0 Å². The number of hydrogen-bond acceptors (Lipinski definition) is 1. The van der Waals surface area contributed by atoms with Crippen LogP contribution in [0.3, 0.4) is 0 Å². The Bertz CT molecular complexity index is 3320. The summed E-state index contributed by atoms with van der Waals surface area (Å²) < 4.78 is 0. The van der Waals surface area contributed by atoms with Crippen LogP contribution in [0.4, 0.5) is 17.1 Å². The van der Waals surface area contributed by atoms with E-state index in [1.54, 1.807) is 0 Å². The largest absolute Gasteiger partial charge is 0.310 e. The molecule has 11 rings (SSSR count). The van der Waals surface area contributed by atoms with Crippen molar-refractivity contribution in [1.29, 1.82) is 0 Å². The maximum atomic E-state index is 2.38. The zero-order chi connectivity index (χ0) is 40.5. The van der Waals surface area contributed by atoms with E-state index in [9.17, 15) is 0 Å². The molecule has 0 spiro atoms. The van der Waals surface area contributed by atoms with Gasteiger partial charge in [0.15, 0.2) is 0 Å². The van der Waals surface area contributed by atoms with Gasteiger partial charge in [-0.1, -0.05) is 206 Å². The van der Waals surface area contributed by atoms with Gasteiger partial charge in [0.1, 0.15) is 0 Å². The van der Waals surface area contributed by atoms with E-state index in [-0.39, 0.29) is 0 Å². The first-order valence-electron chi connectivity index (χ1n) is 21.0. The summed E-state index contributed by atoms with van der Waals surface area (Å²) in [6.07, 6.45) is 0. The van der Waals surface area contributed by atoms with Crippen LogP contribution < -0.4 is 4.90 Å². The average molecular weight is 776 g/mol. The first-order chi connectivity index (χ1) is 30.2. The van der Waals surface area contributed by atoms with E-state index in [1.807, 2.05) is 0 Å². The second-order valence-electron chi connectivity index (χ2n) is 15.7. The van der Waals surface area contributed by atoms with Crippen LogP contribution >= 0.6 is 0 Å². The Balaban J connectivity index is 0.988. The van der Waals surface area contributed by atoms with Gasteiger partial charge < -0.3 is 4.90 Å². The Morgan fingerprint density at radius 2 is 0.689 bits per heavy atom. The molecule has 0 saturated carbocycles. The number of rotatable bonds is 8. The second kappa shape index (κ2) is 15.6. The fraction of sp³-hybridized carbons (Fsp3) is 0. The highest BCUT2D eigenvalue weighted by molar-refractivity contribution is 6.04. The molecule has 0 N–H and O–H groups in total. The van der Waals surface area contributed by atoms with Crippen molar-refractivity contribution in [3.05, 3.63) is 249 Å². The highest BCUT2D eigenvalue weighted by Gasteiger charge is 2.17. The summed E-state index contributed by atoms with van der Waals surface area (Å²) in [6.45, 7) is 0. The molecule has 0 heterocycles. The second-order valence-corrected chi connectivity index (χ2v) is 15.7. The van der Waals surface area contributed by atoms with E-state index in [2.05, 4.69) is 254 Å². The van der Waals surface area contributed by atoms with Gasteiger partial charge in [-0.15, -0.1) is 0 Å². The summed E-state index contributed by atoms with van der Waals surface area (Å²) in [7, 11) is 0. The number of hydrogen-bond donors (Lipinski definition) is 0. The van der Waals surface area contributed by atoms with Gasteiger partial charge in [-0.3, -0.25) is 0 Å². The van der Waals surface area contributed by atoms with Crippen molar-refractivity contribution in [1.82, 2.24) is 0 Å². The number of fused-ring (bicyclic) bond motifs is 3. The third kappa shape index (κ3) is 6.93. The molecule has 1 heteroatoms. The Labute approximate surface area is 357 Å². The number of anilines is 3. The Hall–Kier alpha value is -8.00. The molecule has 1 nitrogen and oxygen atoms in total. The monoisotopic (exact) mass is 775 g/mol. The molecular formula is C60H41N. The van der Waals surface area contributed by atoms with E-state index in [4.69, 9.17) is 0 Å². The minimum atomic E-state index is 1.09. The summed E-state index contributed by atoms with van der Waals surface area (Å²) in [5.74, 6) is 0. The molecule has 0 aliphatic carbocycles. The average Bonchev–Trinajstić information content (AvgIpc) is 3.34. The van der Waals surface area contributed by atoms with Crippen LogP contribution in [0.2, 0.25) is 0 Å². The molecule has 11 aromatic carbocycles. The van der Waals surface area contributed by atoms with Crippen molar-refractivity contribution in [2.75, 3.05) is 4.90 Å². The predicted molar refractivity (Wildman–Crippen MR) is 261 cm³/mol. The Kier molecular flexibility index (Phi) is 9.26.